The van der Waals surface area contributed by atoms with Crippen LogP contribution in [0.15, 0.2) is 42.5 Å². The summed E-state index contributed by atoms with van der Waals surface area (Å²) in [6.45, 7) is 4.22. The number of aryl methyl sites for hydroxylation is 1. The quantitative estimate of drug-likeness (QED) is 0.629. The van der Waals surface area contributed by atoms with E-state index in [0.717, 1.165) is 73.3 Å². The Morgan fingerprint density at radius 1 is 1.09 bits per heavy atom. The van der Waals surface area contributed by atoms with Crippen LogP contribution in [0.1, 0.15) is 52.1 Å². The van der Waals surface area contributed by atoms with Crippen LogP contribution in [0.5, 0.6) is 0 Å². The molecule has 5 rings (SSSR count). The number of carbonyl (C=O) groups excluding carboxylic acids is 1. The predicted molar refractivity (Wildman–Crippen MR) is 122 cm³/mol. The number of piperidine rings is 1. The van der Waals surface area contributed by atoms with Crippen molar-refractivity contribution in [2.24, 2.45) is 0 Å². The third-order valence-corrected chi connectivity index (χ3v) is 6.80. The van der Waals surface area contributed by atoms with Crippen molar-refractivity contribution in [3.8, 4) is 5.69 Å². The molecule has 7 heteroatoms. The molecule has 0 unspecified atom stereocenters. The lowest BCUT2D eigenvalue weighted by Gasteiger charge is -2.32. The van der Waals surface area contributed by atoms with Crippen LogP contribution < -0.4 is 5.32 Å². The minimum Gasteiger partial charge on any atom is -0.348 e. The number of rotatable bonds is 5. The lowest BCUT2D eigenvalue weighted by Crippen LogP contribution is -2.44. The molecule has 1 fully saturated rings. The van der Waals surface area contributed by atoms with Crippen LogP contribution in [0.3, 0.4) is 0 Å². The van der Waals surface area contributed by atoms with Crippen molar-refractivity contribution in [3.63, 3.8) is 0 Å². The number of hydrogen-bond donors (Lipinski definition) is 1. The Balaban J connectivity index is 1.23. The maximum absolute atomic E-state index is 13.5. The molecule has 0 radical (unpaired) electrons. The molecule has 2 aromatic carbocycles. The largest absolute Gasteiger partial charge is 0.348 e. The van der Waals surface area contributed by atoms with E-state index in [4.69, 9.17) is 5.10 Å². The van der Waals surface area contributed by atoms with Crippen LogP contribution in [0.25, 0.3) is 5.69 Å². The minimum absolute atomic E-state index is 0.0827. The van der Waals surface area contributed by atoms with Gasteiger partial charge in [0.05, 0.1) is 5.69 Å². The van der Waals surface area contributed by atoms with Crippen molar-refractivity contribution in [3.05, 3.63) is 82.2 Å². The van der Waals surface area contributed by atoms with Gasteiger partial charge in [-0.3, -0.25) is 9.69 Å². The van der Waals surface area contributed by atoms with Crippen molar-refractivity contribution in [2.75, 3.05) is 13.1 Å². The summed E-state index contributed by atoms with van der Waals surface area (Å²) in [5.41, 5.74) is 5.70. The third-order valence-electron chi connectivity index (χ3n) is 6.80. The molecule has 2 aliphatic rings. The molecule has 172 valence electrons. The van der Waals surface area contributed by atoms with Gasteiger partial charge in [-0.1, -0.05) is 24.3 Å². The first-order chi connectivity index (χ1) is 16.0. The highest BCUT2D eigenvalue weighted by Crippen LogP contribution is 2.29. The second kappa shape index (κ2) is 9.06. The zero-order valence-electron chi connectivity index (χ0n) is 18.8. The smallest absolute Gasteiger partial charge is 0.272 e. The van der Waals surface area contributed by atoms with Crippen molar-refractivity contribution < 1.29 is 13.6 Å². The average molecular weight is 451 g/mol. The van der Waals surface area contributed by atoms with Gasteiger partial charge in [-0.05, 0) is 68.4 Å². The Labute approximate surface area is 192 Å². The number of likely N-dealkylation sites (tertiary alicyclic amines) is 1. The number of halogens is 2. The van der Waals surface area contributed by atoms with E-state index in [1.54, 1.807) is 6.07 Å². The summed E-state index contributed by atoms with van der Waals surface area (Å²) in [5, 5.41) is 7.94. The fourth-order valence-corrected chi connectivity index (χ4v) is 5.01. The fourth-order valence-electron chi connectivity index (χ4n) is 5.01. The maximum Gasteiger partial charge on any atom is 0.272 e. The van der Waals surface area contributed by atoms with Gasteiger partial charge in [0, 0.05) is 36.9 Å². The molecule has 0 saturated carbocycles. The molecule has 0 atom stereocenters. The second-order valence-corrected chi connectivity index (χ2v) is 9.10. The molecule has 0 bridgehead atoms. The van der Waals surface area contributed by atoms with E-state index in [1.807, 2.05) is 22.9 Å². The van der Waals surface area contributed by atoms with Gasteiger partial charge in [0.25, 0.3) is 5.91 Å². The fraction of sp³-hybridized carbons (Fsp3) is 0.385. The summed E-state index contributed by atoms with van der Waals surface area (Å²) in [4.78, 5) is 15.4. The Morgan fingerprint density at radius 3 is 2.64 bits per heavy atom. The Bertz CT molecular complexity index is 1180. The molecular weight excluding hydrogens is 422 g/mol. The van der Waals surface area contributed by atoms with E-state index in [9.17, 15) is 13.6 Å². The molecule has 1 N–H and O–H groups in total. The average Bonchev–Trinajstić information content (AvgIpc) is 3.41. The molecule has 1 amide bonds. The summed E-state index contributed by atoms with van der Waals surface area (Å²) in [5.74, 6) is -1.73. The predicted octanol–water partition coefficient (Wildman–Crippen LogP) is 4.34. The highest BCUT2D eigenvalue weighted by atomic mass is 19.2. The SMILES string of the molecule is Cc1ccccc1-n1nc(C(=O)NC2CCN(Cc3ccc(F)c(F)c3)CC2)c2c1CCC2. The van der Waals surface area contributed by atoms with Crippen LogP contribution in [0.4, 0.5) is 8.78 Å². The number of amides is 1. The lowest BCUT2D eigenvalue weighted by atomic mass is 10.0. The third kappa shape index (κ3) is 4.42. The van der Waals surface area contributed by atoms with E-state index >= 15 is 0 Å². The maximum atomic E-state index is 13.5. The number of aromatic nitrogens is 2. The number of nitrogens with one attached hydrogen (secondary N) is 1. The van der Waals surface area contributed by atoms with Gasteiger partial charge in [0.2, 0.25) is 0 Å². The number of nitrogens with zero attached hydrogens (tertiary/aromatic N) is 3. The van der Waals surface area contributed by atoms with Gasteiger partial charge in [0.1, 0.15) is 0 Å². The van der Waals surface area contributed by atoms with Gasteiger partial charge >= 0.3 is 0 Å². The molecule has 5 nitrogen and oxygen atoms in total. The van der Waals surface area contributed by atoms with Crippen molar-refractivity contribution in [1.82, 2.24) is 20.0 Å². The highest BCUT2D eigenvalue weighted by molar-refractivity contribution is 5.94. The van der Waals surface area contributed by atoms with Crippen LogP contribution >= 0.6 is 0 Å². The second-order valence-electron chi connectivity index (χ2n) is 9.10. The van der Waals surface area contributed by atoms with E-state index in [0.29, 0.717) is 12.2 Å². The lowest BCUT2D eigenvalue weighted by molar-refractivity contribution is 0.0902. The van der Waals surface area contributed by atoms with Crippen molar-refractivity contribution >= 4 is 5.91 Å². The van der Waals surface area contributed by atoms with Gasteiger partial charge in [-0.15, -0.1) is 0 Å². The Kier molecular flexibility index (Phi) is 5.98. The number of hydrogen-bond acceptors (Lipinski definition) is 3. The number of para-hydroxylation sites is 1. The number of fused-ring (bicyclic) bond motifs is 1. The molecule has 2 heterocycles. The highest BCUT2D eigenvalue weighted by Gasteiger charge is 2.29. The zero-order chi connectivity index (χ0) is 22.9. The molecule has 3 aromatic rings. The van der Waals surface area contributed by atoms with Crippen LogP contribution in [-0.4, -0.2) is 39.7 Å². The molecular formula is C26H28F2N4O. The molecule has 1 aliphatic carbocycles. The van der Waals surface area contributed by atoms with Gasteiger partial charge in [-0.2, -0.15) is 5.10 Å². The van der Waals surface area contributed by atoms with E-state index in [1.165, 1.54) is 12.1 Å². The monoisotopic (exact) mass is 450 g/mol. The van der Waals surface area contributed by atoms with Crippen LogP contribution in [0, 0.1) is 18.6 Å². The van der Waals surface area contributed by atoms with Crippen molar-refractivity contribution in [1.29, 1.82) is 0 Å². The van der Waals surface area contributed by atoms with Crippen LogP contribution in [-0.2, 0) is 19.4 Å². The first kappa shape index (κ1) is 21.8. The van der Waals surface area contributed by atoms with E-state index < -0.39 is 11.6 Å². The zero-order valence-corrected chi connectivity index (χ0v) is 18.8. The molecule has 33 heavy (non-hydrogen) atoms. The van der Waals surface area contributed by atoms with Gasteiger partial charge in [-0.25, -0.2) is 13.5 Å². The van der Waals surface area contributed by atoms with Gasteiger partial charge in [0.15, 0.2) is 17.3 Å². The molecule has 1 saturated heterocycles. The van der Waals surface area contributed by atoms with Gasteiger partial charge < -0.3 is 5.32 Å². The first-order valence-corrected chi connectivity index (χ1v) is 11.6. The van der Waals surface area contributed by atoms with Crippen molar-refractivity contribution in [2.45, 2.75) is 51.6 Å². The van der Waals surface area contributed by atoms with E-state index in [-0.39, 0.29) is 11.9 Å². The number of carbonyl (C=O) groups is 1. The first-order valence-electron chi connectivity index (χ1n) is 11.6. The summed E-state index contributed by atoms with van der Waals surface area (Å²) >= 11 is 0. The summed E-state index contributed by atoms with van der Waals surface area (Å²) < 4.78 is 28.6. The van der Waals surface area contributed by atoms with Crippen LogP contribution in [0.2, 0.25) is 0 Å². The normalized spacial score (nSPS) is 16.7. The Hall–Kier alpha value is -3.06. The molecule has 1 aliphatic heterocycles. The molecule has 1 aromatic heterocycles. The standard InChI is InChI=1S/C26H28F2N4O/c1-17-5-2-3-7-23(17)32-24-8-4-6-20(24)25(30-32)26(33)29-19-11-13-31(14-12-19)16-18-9-10-21(27)22(28)15-18/h2-3,5,7,9-10,15,19H,4,6,8,11-14,16H2,1H3,(H,29,33). The summed E-state index contributed by atoms with van der Waals surface area (Å²) in [7, 11) is 0. The Morgan fingerprint density at radius 2 is 1.88 bits per heavy atom. The van der Waals surface area contributed by atoms with E-state index in [2.05, 4.69) is 23.2 Å². The summed E-state index contributed by atoms with van der Waals surface area (Å²) in [6, 6.07) is 12.3. The topological polar surface area (TPSA) is 50.2 Å². The number of benzene rings is 2. The molecule has 0 spiro atoms. The minimum atomic E-state index is -0.823. The summed E-state index contributed by atoms with van der Waals surface area (Å²) in [6.07, 6.45) is 4.50.